The van der Waals surface area contributed by atoms with E-state index in [1.165, 1.54) is 12.5 Å². The largest absolute Gasteiger partial charge is 0.478 e. The quantitative estimate of drug-likeness (QED) is 0.867. The van der Waals surface area contributed by atoms with E-state index < -0.39 is 5.97 Å². The number of hydrogen-bond acceptors (Lipinski definition) is 6. The van der Waals surface area contributed by atoms with Gasteiger partial charge in [0.05, 0.1) is 17.2 Å². The topological polar surface area (TPSA) is 102 Å². The van der Waals surface area contributed by atoms with Gasteiger partial charge in [0, 0.05) is 25.6 Å². The number of hydrogen-bond donors (Lipinski definition) is 2. The predicted molar refractivity (Wildman–Crippen MR) is 92.4 cm³/mol. The lowest BCUT2D eigenvalue weighted by atomic mass is 10.1. The van der Waals surface area contributed by atoms with E-state index in [4.69, 9.17) is 10.5 Å². The Hall–Kier alpha value is -2.41. The van der Waals surface area contributed by atoms with E-state index in [-0.39, 0.29) is 17.6 Å². The molecular weight excluding hydrogens is 308 g/mol. The third kappa shape index (κ3) is 3.56. The maximum atomic E-state index is 11.2. The number of fused-ring (bicyclic) bond motifs is 1. The number of rotatable bonds is 5. The van der Waals surface area contributed by atoms with Crippen LogP contribution in [-0.4, -0.2) is 47.3 Å². The van der Waals surface area contributed by atoms with Crippen LogP contribution in [0.1, 0.15) is 36.0 Å². The molecule has 7 heteroatoms. The lowest BCUT2D eigenvalue weighted by Crippen LogP contribution is -2.27. The van der Waals surface area contributed by atoms with E-state index >= 15 is 0 Å². The number of carboxylic acid groups (broad SMARTS) is 1. The van der Waals surface area contributed by atoms with Crippen LogP contribution in [0.3, 0.4) is 0 Å². The summed E-state index contributed by atoms with van der Waals surface area (Å²) in [6.45, 7) is 1.59. The highest BCUT2D eigenvalue weighted by atomic mass is 16.5. The van der Waals surface area contributed by atoms with Gasteiger partial charge < -0.3 is 20.5 Å². The Morgan fingerprint density at radius 2 is 2.25 bits per heavy atom. The average Bonchev–Trinajstić information content (AvgIpc) is 2.59. The third-order valence-corrected chi connectivity index (χ3v) is 4.36. The van der Waals surface area contributed by atoms with E-state index in [0.29, 0.717) is 16.7 Å². The van der Waals surface area contributed by atoms with Crippen LogP contribution in [0.2, 0.25) is 0 Å². The van der Waals surface area contributed by atoms with Crippen LogP contribution in [0.25, 0.3) is 10.9 Å². The molecule has 3 N–H and O–H groups in total. The van der Waals surface area contributed by atoms with Gasteiger partial charge in [0.25, 0.3) is 0 Å². The van der Waals surface area contributed by atoms with Gasteiger partial charge in [-0.3, -0.25) is 0 Å². The van der Waals surface area contributed by atoms with E-state index in [0.717, 1.165) is 32.4 Å². The van der Waals surface area contributed by atoms with Gasteiger partial charge in [-0.2, -0.15) is 4.98 Å². The van der Waals surface area contributed by atoms with Crippen LogP contribution in [-0.2, 0) is 4.74 Å². The first-order chi connectivity index (χ1) is 11.5. The molecule has 0 saturated carbocycles. The number of benzene rings is 1. The van der Waals surface area contributed by atoms with Crippen molar-refractivity contribution in [1.29, 1.82) is 0 Å². The Kier molecular flexibility index (Phi) is 4.80. The van der Waals surface area contributed by atoms with Crippen molar-refractivity contribution in [1.82, 2.24) is 9.97 Å². The molecule has 2 heterocycles. The number of anilines is 2. The Morgan fingerprint density at radius 3 is 2.96 bits per heavy atom. The molecule has 1 aromatic heterocycles. The maximum Gasteiger partial charge on any atom is 0.335 e. The molecule has 2 aromatic rings. The molecule has 1 atom stereocenters. The fourth-order valence-corrected chi connectivity index (χ4v) is 3.03. The van der Waals surface area contributed by atoms with Gasteiger partial charge in [0.15, 0.2) is 0 Å². The summed E-state index contributed by atoms with van der Waals surface area (Å²) < 4.78 is 5.76. The van der Waals surface area contributed by atoms with E-state index in [1.54, 1.807) is 12.1 Å². The molecule has 1 aliphatic heterocycles. The summed E-state index contributed by atoms with van der Waals surface area (Å²) in [7, 11) is 1.93. The number of nitrogen functional groups attached to an aromatic ring is 1. The Morgan fingerprint density at radius 1 is 1.42 bits per heavy atom. The van der Waals surface area contributed by atoms with Gasteiger partial charge in [0.1, 0.15) is 5.82 Å². The summed E-state index contributed by atoms with van der Waals surface area (Å²) in [6.07, 6.45) is 4.61. The van der Waals surface area contributed by atoms with Gasteiger partial charge in [-0.15, -0.1) is 0 Å². The summed E-state index contributed by atoms with van der Waals surface area (Å²) in [5.41, 5.74) is 6.66. The SMILES string of the molecule is CN(CCC1CCCCO1)c1nc(N)nc2ccc(C(=O)O)cc12. The predicted octanol–water partition coefficient (Wildman–Crippen LogP) is 2.31. The fraction of sp³-hybridized carbons (Fsp3) is 0.471. The third-order valence-electron chi connectivity index (χ3n) is 4.36. The van der Waals surface area contributed by atoms with Crippen LogP contribution in [0.4, 0.5) is 11.8 Å². The van der Waals surface area contributed by atoms with Crippen molar-refractivity contribution in [2.45, 2.75) is 31.8 Å². The summed E-state index contributed by atoms with van der Waals surface area (Å²) in [6, 6.07) is 4.79. The average molecular weight is 330 g/mol. The van der Waals surface area contributed by atoms with Crippen molar-refractivity contribution in [3.63, 3.8) is 0 Å². The zero-order chi connectivity index (χ0) is 17.1. The van der Waals surface area contributed by atoms with Crippen molar-refractivity contribution in [2.75, 3.05) is 30.8 Å². The first-order valence-electron chi connectivity index (χ1n) is 8.18. The zero-order valence-corrected chi connectivity index (χ0v) is 13.7. The van der Waals surface area contributed by atoms with Crippen LogP contribution >= 0.6 is 0 Å². The molecule has 0 amide bonds. The number of nitrogens with zero attached hydrogens (tertiary/aromatic N) is 3. The molecule has 128 valence electrons. The Labute approximate surface area is 140 Å². The number of nitrogens with two attached hydrogens (primary N) is 1. The molecule has 1 aliphatic rings. The minimum atomic E-state index is -0.974. The minimum Gasteiger partial charge on any atom is -0.478 e. The summed E-state index contributed by atoms with van der Waals surface area (Å²) >= 11 is 0. The smallest absolute Gasteiger partial charge is 0.335 e. The van der Waals surface area contributed by atoms with Crippen molar-refractivity contribution >= 4 is 28.6 Å². The number of aromatic carboxylic acids is 1. The first kappa shape index (κ1) is 16.4. The van der Waals surface area contributed by atoms with Crippen molar-refractivity contribution in [3.8, 4) is 0 Å². The number of aromatic nitrogens is 2. The standard InChI is InChI=1S/C17H22N4O3/c1-21(8-7-12-4-2-3-9-24-12)15-13-10-11(16(22)23)5-6-14(13)19-17(18)20-15/h5-6,10,12H,2-4,7-9H2,1H3,(H,22,23)(H2,18,19,20). The Bertz CT molecular complexity index is 744. The highest BCUT2D eigenvalue weighted by Crippen LogP contribution is 2.26. The van der Waals surface area contributed by atoms with Gasteiger partial charge >= 0.3 is 5.97 Å². The number of carbonyl (C=O) groups is 1. The van der Waals surface area contributed by atoms with E-state index in [1.807, 2.05) is 11.9 Å². The van der Waals surface area contributed by atoms with Crippen LogP contribution < -0.4 is 10.6 Å². The lowest BCUT2D eigenvalue weighted by Gasteiger charge is -2.26. The monoisotopic (exact) mass is 330 g/mol. The molecular formula is C17H22N4O3. The van der Waals surface area contributed by atoms with Crippen LogP contribution in [0.15, 0.2) is 18.2 Å². The fourth-order valence-electron chi connectivity index (χ4n) is 3.03. The molecule has 0 bridgehead atoms. The minimum absolute atomic E-state index is 0.182. The molecule has 1 saturated heterocycles. The maximum absolute atomic E-state index is 11.2. The number of ether oxygens (including phenoxy) is 1. The second-order valence-electron chi connectivity index (χ2n) is 6.14. The van der Waals surface area contributed by atoms with Gasteiger partial charge in [0.2, 0.25) is 5.95 Å². The Balaban J connectivity index is 1.85. The molecule has 3 rings (SSSR count). The molecule has 24 heavy (non-hydrogen) atoms. The highest BCUT2D eigenvalue weighted by molar-refractivity contribution is 5.97. The molecule has 0 radical (unpaired) electrons. The van der Waals surface area contributed by atoms with Gasteiger partial charge in [-0.1, -0.05) is 0 Å². The number of carboxylic acids is 1. The lowest BCUT2D eigenvalue weighted by molar-refractivity contribution is 0.0127. The summed E-state index contributed by atoms with van der Waals surface area (Å²) in [4.78, 5) is 21.7. The van der Waals surface area contributed by atoms with Crippen molar-refractivity contribution in [3.05, 3.63) is 23.8 Å². The van der Waals surface area contributed by atoms with Gasteiger partial charge in [-0.05, 0) is 43.9 Å². The van der Waals surface area contributed by atoms with Crippen LogP contribution in [0.5, 0.6) is 0 Å². The van der Waals surface area contributed by atoms with Crippen molar-refractivity contribution < 1.29 is 14.6 Å². The second kappa shape index (κ2) is 7.00. The molecule has 0 aliphatic carbocycles. The molecule has 1 fully saturated rings. The normalized spacial score (nSPS) is 17.8. The van der Waals surface area contributed by atoms with Crippen LogP contribution in [0, 0.1) is 0 Å². The first-order valence-corrected chi connectivity index (χ1v) is 8.18. The molecule has 0 spiro atoms. The van der Waals surface area contributed by atoms with Crippen molar-refractivity contribution in [2.24, 2.45) is 0 Å². The highest BCUT2D eigenvalue weighted by Gasteiger charge is 2.17. The zero-order valence-electron chi connectivity index (χ0n) is 13.7. The molecule has 1 unspecified atom stereocenters. The van der Waals surface area contributed by atoms with E-state index in [9.17, 15) is 9.90 Å². The summed E-state index contributed by atoms with van der Waals surface area (Å²) in [5, 5.41) is 9.90. The second-order valence-corrected chi connectivity index (χ2v) is 6.14. The summed E-state index contributed by atoms with van der Waals surface area (Å²) in [5.74, 6) is -0.143. The van der Waals surface area contributed by atoms with E-state index in [2.05, 4.69) is 9.97 Å². The van der Waals surface area contributed by atoms with Gasteiger partial charge in [-0.25, -0.2) is 9.78 Å². The molecule has 7 nitrogen and oxygen atoms in total. The molecule has 1 aromatic carbocycles.